The number of pyridine rings is 1. The summed E-state index contributed by atoms with van der Waals surface area (Å²) in [6.07, 6.45) is 6.71. The van der Waals surface area contributed by atoms with Crippen LogP contribution in [0.1, 0.15) is 51.3 Å². The minimum absolute atomic E-state index is 0.0358. The highest BCUT2D eigenvalue weighted by Crippen LogP contribution is 2.37. The largest absolute Gasteiger partial charge is 0.323 e. The van der Waals surface area contributed by atoms with Crippen LogP contribution in [0.5, 0.6) is 0 Å². The van der Waals surface area contributed by atoms with E-state index in [0.29, 0.717) is 5.92 Å². The second-order valence-corrected chi connectivity index (χ2v) is 7.37. The average Bonchev–Trinajstić information content (AvgIpc) is 3.07. The Morgan fingerprint density at radius 3 is 2.62 bits per heavy atom. The molecular weight excluding hydrogens is 302 g/mol. The van der Waals surface area contributed by atoms with E-state index < -0.39 is 0 Å². The van der Waals surface area contributed by atoms with Crippen molar-refractivity contribution in [2.75, 3.05) is 18.4 Å². The van der Waals surface area contributed by atoms with Crippen molar-refractivity contribution in [1.29, 1.82) is 0 Å². The molecule has 128 valence electrons. The van der Waals surface area contributed by atoms with Crippen LogP contribution in [0.3, 0.4) is 0 Å². The molecule has 1 atom stereocenters. The van der Waals surface area contributed by atoms with E-state index in [-0.39, 0.29) is 17.9 Å². The Kier molecular flexibility index (Phi) is 4.00. The number of hydrogen-bond donors (Lipinski definition) is 1. The molecule has 0 aromatic carbocycles. The topological polar surface area (TPSA) is 62.5 Å². The average molecular weight is 327 g/mol. The van der Waals surface area contributed by atoms with Gasteiger partial charge in [-0.05, 0) is 56.8 Å². The van der Waals surface area contributed by atoms with Gasteiger partial charge in [0, 0.05) is 12.1 Å². The summed E-state index contributed by atoms with van der Waals surface area (Å²) in [5.41, 5.74) is 1.63. The molecule has 1 N–H and O–H groups in total. The van der Waals surface area contributed by atoms with Crippen molar-refractivity contribution in [1.82, 2.24) is 19.5 Å². The Balaban J connectivity index is 1.56. The van der Waals surface area contributed by atoms with Crippen molar-refractivity contribution in [2.45, 2.75) is 51.5 Å². The van der Waals surface area contributed by atoms with Gasteiger partial charge < -0.3 is 5.32 Å². The van der Waals surface area contributed by atoms with Crippen molar-refractivity contribution in [3.8, 4) is 0 Å². The third-order valence-electron chi connectivity index (χ3n) is 5.08. The first-order valence-electron chi connectivity index (χ1n) is 9.03. The molecular formula is C18H25N5O. The zero-order valence-electron chi connectivity index (χ0n) is 14.4. The highest BCUT2D eigenvalue weighted by molar-refractivity contribution is 5.95. The second kappa shape index (κ2) is 6.16. The molecule has 1 unspecified atom stereocenters. The minimum atomic E-state index is 0.0358. The number of nitrogens with one attached hydrogen (secondary N) is 1. The lowest BCUT2D eigenvalue weighted by molar-refractivity contribution is -0.121. The van der Waals surface area contributed by atoms with Gasteiger partial charge in [0.1, 0.15) is 5.82 Å². The number of carbonyl (C=O) groups excluding carboxylic acids is 1. The molecule has 1 saturated carbocycles. The van der Waals surface area contributed by atoms with Gasteiger partial charge in [-0.3, -0.25) is 14.1 Å². The lowest BCUT2D eigenvalue weighted by atomic mass is 10.1. The number of fused-ring (bicyclic) bond motifs is 1. The van der Waals surface area contributed by atoms with Crippen molar-refractivity contribution >= 4 is 17.2 Å². The van der Waals surface area contributed by atoms with Gasteiger partial charge in [-0.15, -0.1) is 10.2 Å². The maximum atomic E-state index is 12.9. The van der Waals surface area contributed by atoms with E-state index in [4.69, 9.17) is 0 Å². The molecule has 2 aliphatic rings. The summed E-state index contributed by atoms with van der Waals surface area (Å²) in [6.45, 7) is 6.30. The molecule has 1 saturated heterocycles. The lowest BCUT2D eigenvalue weighted by Crippen LogP contribution is -2.44. The van der Waals surface area contributed by atoms with Crippen LogP contribution in [0.2, 0.25) is 0 Å². The van der Waals surface area contributed by atoms with Crippen molar-refractivity contribution in [3.05, 3.63) is 24.2 Å². The van der Waals surface area contributed by atoms with Gasteiger partial charge in [0.25, 0.3) is 0 Å². The Labute approximate surface area is 142 Å². The van der Waals surface area contributed by atoms with Gasteiger partial charge in [-0.1, -0.05) is 13.8 Å². The Morgan fingerprint density at radius 2 is 1.96 bits per heavy atom. The smallest absolute Gasteiger partial charge is 0.242 e. The third kappa shape index (κ3) is 2.90. The van der Waals surface area contributed by atoms with Crippen LogP contribution in [0.15, 0.2) is 18.3 Å². The number of nitrogens with zero attached hydrogens (tertiary/aromatic N) is 4. The first-order valence-corrected chi connectivity index (χ1v) is 9.03. The molecule has 1 aliphatic heterocycles. The number of hydrogen-bond acceptors (Lipinski definition) is 4. The van der Waals surface area contributed by atoms with E-state index in [1.807, 2.05) is 22.7 Å². The summed E-state index contributed by atoms with van der Waals surface area (Å²) in [4.78, 5) is 15.2. The normalized spacial score (nSPS) is 20.0. The predicted octanol–water partition coefficient (Wildman–Crippen LogP) is 2.67. The van der Waals surface area contributed by atoms with Gasteiger partial charge in [0.2, 0.25) is 5.91 Å². The first-order chi connectivity index (χ1) is 11.6. The van der Waals surface area contributed by atoms with Gasteiger partial charge in [-0.2, -0.15) is 0 Å². The van der Waals surface area contributed by atoms with E-state index in [0.717, 1.165) is 30.2 Å². The number of anilines is 1. The first kappa shape index (κ1) is 15.6. The van der Waals surface area contributed by atoms with Crippen LogP contribution in [0, 0.1) is 5.92 Å². The summed E-state index contributed by atoms with van der Waals surface area (Å²) >= 11 is 0. The summed E-state index contributed by atoms with van der Waals surface area (Å²) in [6, 6.07) is 3.87. The molecule has 0 spiro atoms. The molecule has 4 rings (SSSR count). The fourth-order valence-electron chi connectivity index (χ4n) is 3.70. The maximum absolute atomic E-state index is 12.9. The predicted molar refractivity (Wildman–Crippen MR) is 93.0 cm³/mol. The SMILES string of the molecule is CC(C)c1nnc2ccc(NC(=O)C(C3CC3)N3CCCC3)cn12. The maximum Gasteiger partial charge on any atom is 0.242 e. The van der Waals surface area contributed by atoms with Crippen LogP contribution in [-0.2, 0) is 4.79 Å². The fourth-order valence-corrected chi connectivity index (χ4v) is 3.70. The van der Waals surface area contributed by atoms with Gasteiger partial charge >= 0.3 is 0 Å². The number of amides is 1. The Hall–Kier alpha value is -1.95. The van der Waals surface area contributed by atoms with Gasteiger partial charge in [0.15, 0.2) is 5.65 Å². The van der Waals surface area contributed by atoms with Crippen LogP contribution in [-0.4, -0.2) is 44.5 Å². The molecule has 2 aromatic heterocycles. The summed E-state index contributed by atoms with van der Waals surface area (Å²) in [5.74, 6) is 1.88. The van der Waals surface area contributed by atoms with Crippen LogP contribution in [0.25, 0.3) is 5.65 Å². The fraction of sp³-hybridized carbons (Fsp3) is 0.611. The van der Waals surface area contributed by atoms with Gasteiger partial charge in [-0.25, -0.2) is 0 Å². The zero-order chi connectivity index (χ0) is 16.7. The number of aromatic nitrogens is 3. The number of rotatable bonds is 5. The molecule has 0 bridgehead atoms. The highest BCUT2D eigenvalue weighted by atomic mass is 16.2. The molecule has 1 aliphatic carbocycles. The Morgan fingerprint density at radius 1 is 1.21 bits per heavy atom. The molecule has 6 nitrogen and oxygen atoms in total. The number of carbonyl (C=O) groups is 1. The second-order valence-electron chi connectivity index (χ2n) is 7.37. The monoisotopic (exact) mass is 327 g/mol. The molecule has 24 heavy (non-hydrogen) atoms. The Bertz CT molecular complexity index is 743. The molecule has 6 heteroatoms. The zero-order valence-corrected chi connectivity index (χ0v) is 14.4. The van der Waals surface area contributed by atoms with E-state index in [1.165, 1.54) is 25.7 Å². The van der Waals surface area contributed by atoms with Crippen molar-refractivity contribution < 1.29 is 4.79 Å². The van der Waals surface area contributed by atoms with E-state index in [9.17, 15) is 4.79 Å². The number of likely N-dealkylation sites (tertiary alicyclic amines) is 1. The van der Waals surface area contributed by atoms with Gasteiger partial charge in [0.05, 0.1) is 11.7 Å². The van der Waals surface area contributed by atoms with E-state index in [2.05, 4.69) is 34.3 Å². The minimum Gasteiger partial charge on any atom is -0.323 e. The molecule has 2 aromatic rings. The van der Waals surface area contributed by atoms with Crippen molar-refractivity contribution in [2.24, 2.45) is 5.92 Å². The summed E-state index contributed by atoms with van der Waals surface area (Å²) in [5, 5.41) is 11.6. The van der Waals surface area contributed by atoms with Crippen molar-refractivity contribution in [3.63, 3.8) is 0 Å². The lowest BCUT2D eigenvalue weighted by Gasteiger charge is -2.26. The highest BCUT2D eigenvalue weighted by Gasteiger charge is 2.40. The third-order valence-corrected chi connectivity index (χ3v) is 5.08. The van der Waals surface area contributed by atoms with E-state index >= 15 is 0 Å². The summed E-state index contributed by atoms with van der Waals surface area (Å²) in [7, 11) is 0. The van der Waals surface area contributed by atoms with Crippen LogP contribution in [0.4, 0.5) is 5.69 Å². The summed E-state index contributed by atoms with van der Waals surface area (Å²) < 4.78 is 1.97. The van der Waals surface area contributed by atoms with E-state index in [1.54, 1.807) is 0 Å². The van der Waals surface area contributed by atoms with Crippen LogP contribution >= 0.6 is 0 Å². The molecule has 0 radical (unpaired) electrons. The van der Waals surface area contributed by atoms with Crippen LogP contribution < -0.4 is 5.32 Å². The molecule has 3 heterocycles. The standard InChI is InChI=1S/C18H25N5O/c1-12(2)17-21-20-15-8-7-14(11-23(15)17)19-18(24)16(13-5-6-13)22-9-3-4-10-22/h7-8,11-13,16H,3-6,9-10H2,1-2H3,(H,19,24). The quantitative estimate of drug-likeness (QED) is 0.917. The molecule has 1 amide bonds. The molecule has 2 fully saturated rings.